The molecule has 0 aromatic heterocycles. The highest BCUT2D eigenvalue weighted by molar-refractivity contribution is 8.68. The first kappa shape index (κ1) is 15.5. The molecule has 2 nitrogen and oxygen atoms in total. The van der Waals surface area contributed by atoms with Gasteiger partial charge in [-0.05, 0) is 19.4 Å². The summed E-state index contributed by atoms with van der Waals surface area (Å²) in [5.74, 6) is 0. The molecule has 17 heavy (non-hydrogen) atoms. The van der Waals surface area contributed by atoms with Gasteiger partial charge in [0.1, 0.15) is 0 Å². The lowest BCUT2D eigenvalue weighted by Gasteiger charge is -2.28. The standard InChI is InChI=1S/C11H17O2PS3/c1-11(2,10-7-5-4-6-8-10)16-9-17-14(12,15)13-3/h4-8H,9H2,1-3H3,(H,12,15)/p-1. The predicted octanol–water partition coefficient (Wildman–Crippen LogP) is 3.58. The number of thioether (sulfide) groups is 1. The van der Waals surface area contributed by atoms with Crippen LogP contribution in [0.5, 0.6) is 0 Å². The van der Waals surface area contributed by atoms with Crippen LogP contribution >= 0.6 is 28.8 Å². The van der Waals surface area contributed by atoms with Gasteiger partial charge < -0.3 is 9.42 Å². The van der Waals surface area contributed by atoms with Crippen molar-refractivity contribution >= 4 is 40.6 Å². The molecule has 0 amide bonds. The van der Waals surface area contributed by atoms with Crippen LogP contribution in [0.3, 0.4) is 0 Å². The Hall–Kier alpha value is 0.490. The first-order valence-electron chi connectivity index (χ1n) is 5.08. The molecule has 1 aromatic carbocycles. The van der Waals surface area contributed by atoms with E-state index in [2.05, 4.69) is 26.0 Å². The second kappa shape index (κ2) is 6.60. The first-order valence-corrected chi connectivity index (χ1v) is 10.3. The summed E-state index contributed by atoms with van der Waals surface area (Å²) in [4.78, 5) is 11.5. The van der Waals surface area contributed by atoms with E-state index in [9.17, 15) is 4.89 Å². The summed E-state index contributed by atoms with van der Waals surface area (Å²) in [7, 11) is 1.40. The van der Waals surface area contributed by atoms with E-state index >= 15 is 0 Å². The maximum absolute atomic E-state index is 11.5. The Labute approximate surface area is 116 Å². The molecule has 0 fully saturated rings. The van der Waals surface area contributed by atoms with E-state index in [4.69, 9.17) is 16.3 Å². The van der Waals surface area contributed by atoms with Crippen LogP contribution in [0.4, 0.5) is 0 Å². The highest BCUT2D eigenvalue weighted by Crippen LogP contribution is 2.54. The topological polar surface area (TPSA) is 32.3 Å². The third-order valence-electron chi connectivity index (χ3n) is 2.32. The monoisotopic (exact) mass is 307 g/mol. The van der Waals surface area contributed by atoms with Gasteiger partial charge in [0, 0.05) is 22.6 Å². The Morgan fingerprint density at radius 1 is 1.35 bits per heavy atom. The smallest absolute Gasteiger partial charge is 0.0477 e. The fraction of sp³-hybridized carbons (Fsp3) is 0.455. The van der Waals surface area contributed by atoms with E-state index < -0.39 is 5.69 Å². The van der Waals surface area contributed by atoms with E-state index in [0.29, 0.717) is 5.08 Å². The van der Waals surface area contributed by atoms with Gasteiger partial charge in [-0.25, -0.2) is 0 Å². The normalized spacial score (nSPS) is 15.5. The second-order valence-corrected chi connectivity index (χ2v) is 12.0. The van der Waals surface area contributed by atoms with Gasteiger partial charge >= 0.3 is 0 Å². The van der Waals surface area contributed by atoms with Gasteiger partial charge in [-0.1, -0.05) is 42.1 Å². The molecule has 1 aromatic rings. The molecule has 1 unspecified atom stereocenters. The van der Waals surface area contributed by atoms with Crippen molar-refractivity contribution < 1.29 is 9.42 Å². The molecule has 0 aliphatic rings. The molecule has 0 aliphatic carbocycles. The molecule has 0 aliphatic heterocycles. The zero-order valence-electron chi connectivity index (χ0n) is 10.1. The summed E-state index contributed by atoms with van der Waals surface area (Å²) in [5.41, 5.74) is -1.62. The maximum Gasteiger partial charge on any atom is 0.0477 e. The van der Waals surface area contributed by atoms with Crippen LogP contribution in [0.2, 0.25) is 0 Å². The summed E-state index contributed by atoms with van der Waals surface area (Å²) in [6, 6.07) is 10.2. The SMILES string of the molecule is COP([O-])(=S)SCSC(C)(C)c1ccccc1. The molecule has 0 radical (unpaired) electrons. The molecule has 0 saturated heterocycles. The maximum atomic E-state index is 11.5. The first-order chi connectivity index (χ1) is 7.87. The van der Waals surface area contributed by atoms with E-state index in [1.54, 1.807) is 11.8 Å². The average molecular weight is 307 g/mol. The number of rotatable bonds is 6. The number of hydrogen-bond donors (Lipinski definition) is 0. The van der Waals surface area contributed by atoms with E-state index in [-0.39, 0.29) is 4.75 Å². The summed E-state index contributed by atoms with van der Waals surface area (Å²) in [6.45, 7) is 4.29. The minimum Gasteiger partial charge on any atom is -0.793 e. The van der Waals surface area contributed by atoms with Crippen molar-refractivity contribution in [3.63, 3.8) is 0 Å². The van der Waals surface area contributed by atoms with E-state index in [1.807, 2.05) is 18.2 Å². The molecule has 1 rings (SSSR count). The van der Waals surface area contributed by atoms with Crippen molar-refractivity contribution in [1.82, 2.24) is 0 Å². The molecule has 0 saturated carbocycles. The largest absolute Gasteiger partial charge is 0.793 e. The summed E-state index contributed by atoms with van der Waals surface area (Å²) in [6.07, 6.45) is 0. The average Bonchev–Trinajstić information content (AvgIpc) is 2.30. The third-order valence-corrected chi connectivity index (χ3v) is 8.68. The van der Waals surface area contributed by atoms with Gasteiger partial charge in [0.2, 0.25) is 0 Å². The Morgan fingerprint density at radius 3 is 2.47 bits per heavy atom. The van der Waals surface area contributed by atoms with Gasteiger partial charge in [-0.3, -0.25) is 0 Å². The lowest BCUT2D eigenvalue weighted by atomic mass is 10.0. The fourth-order valence-corrected chi connectivity index (χ4v) is 6.64. The fourth-order valence-electron chi connectivity index (χ4n) is 1.21. The number of benzene rings is 1. The van der Waals surface area contributed by atoms with Crippen LogP contribution in [-0.4, -0.2) is 12.2 Å². The Kier molecular flexibility index (Phi) is 6.03. The Balaban J connectivity index is 2.54. The van der Waals surface area contributed by atoms with E-state index in [1.165, 1.54) is 24.1 Å². The van der Waals surface area contributed by atoms with E-state index in [0.717, 1.165) is 0 Å². The van der Waals surface area contributed by atoms with Gasteiger partial charge in [-0.2, -0.15) is 0 Å². The van der Waals surface area contributed by atoms with Crippen LogP contribution in [0.25, 0.3) is 0 Å². The zero-order valence-corrected chi connectivity index (χ0v) is 13.4. The van der Waals surface area contributed by atoms with Crippen molar-refractivity contribution in [2.45, 2.75) is 18.6 Å². The van der Waals surface area contributed by atoms with Crippen LogP contribution < -0.4 is 4.89 Å². The lowest BCUT2D eigenvalue weighted by Crippen LogP contribution is -2.12. The highest BCUT2D eigenvalue weighted by atomic mass is 32.9. The van der Waals surface area contributed by atoms with Gasteiger partial charge in [0.05, 0.1) is 0 Å². The molecule has 96 valence electrons. The van der Waals surface area contributed by atoms with Gasteiger partial charge in [0.15, 0.2) is 0 Å². The molecule has 0 spiro atoms. The lowest BCUT2D eigenvalue weighted by molar-refractivity contribution is -0.172. The molecule has 0 N–H and O–H groups in total. The molecule has 0 heterocycles. The summed E-state index contributed by atoms with van der Waals surface area (Å²) in [5, 5.41) is 0.663. The Morgan fingerprint density at radius 2 is 1.94 bits per heavy atom. The predicted molar refractivity (Wildman–Crippen MR) is 80.8 cm³/mol. The van der Waals surface area contributed by atoms with Crippen molar-refractivity contribution in [3.8, 4) is 0 Å². The quantitative estimate of drug-likeness (QED) is 0.592. The van der Waals surface area contributed by atoms with Crippen molar-refractivity contribution in [2.75, 3.05) is 12.2 Å². The molecular formula is C11H16O2PS3-. The molecular weight excluding hydrogens is 291 g/mol. The Bertz CT molecular complexity index is 395. The van der Waals surface area contributed by atoms with Crippen molar-refractivity contribution in [3.05, 3.63) is 35.9 Å². The minimum atomic E-state index is -2.87. The van der Waals surface area contributed by atoms with Gasteiger partial charge in [-0.15, -0.1) is 23.1 Å². The van der Waals surface area contributed by atoms with Crippen LogP contribution in [0, 0.1) is 0 Å². The highest BCUT2D eigenvalue weighted by Gasteiger charge is 2.21. The second-order valence-electron chi connectivity index (χ2n) is 3.90. The van der Waals surface area contributed by atoms with Crippen LogP contribution in [0.15, 0.2) is 30.3 Å². The summed E-state index contributed by atoms with van der Waals surface area (Å²) >= 11 is 7.76. The number of hydrogen-bond acceptors (Lipinski definition) is 5. The molecule has 1 atom stereocenters. The molecule has 0 bridgehead atoms. The van der Waals surface area contributed by atoms with Crippen LogP contribution in [-0.2, 0) is 21.1 Å². The summed E-state index contributed by atoms with van der Waals surface area (Å²) < 4.78 is 4.76. The minimum absolute atomic E-state index is 0.0165. The third kappa shape index (κ3) is 5.33. The van der Waals surface area contributed by atoms with Crippen molar-refractivity contribution in [2.24, 2.45) is 0 Å². The molecule has 6 heteroatoms. The van der Waals surface area contributed by atoms with Gasteiger partial charge in [0.25, 0.3) is 0 Å². The van der Waals surface area contributed by atoms with Crippen molar-refractivity contribution in [1.29, 1.82) is 0 Å². The van der Waals surface area contributed by atoms with Crippen LogP contribution in [0.1, 0.15) is 19.4 Å². The zero-order chi connectivity index (χ0) is 12.9.